The van der Waals surface area contributed by atoms with Gasteiger partial charge in [-0.15, -0.1) is 0 Å². The predicted octanol–water partition coefficient (Wildman–Crippen LogP) is 6.14. The zero-order valence-electron chi connectivity index (χ0n) is 23.9. The third-order valence-corrected chi connectivity index (χ3v) is 8.48. The summed E-state index contributed by atoms with van der Waals surface area (Å²) >= 11 is 0. The second-order valence-corrected chi connectivity index (χ2v) is 12.4. The van der Waals surface area contributed by atoms with Crippen LogP contribution >= 0.6 is 0 Å². The Balaban J connectivity index is 1.61. The third-order valence-electron chi connectivity index (χ3n) is 7.51. The van der Waals surface area contributed by atoms with Crippen LogP contribution in [-0.2, 0) is 10.0 Å². The number of rotatable bonds is 5. The molecule has 6 nitrogen and oxygen atoms in total. The second kappa shape index (κ2) is 10.6. The number of hydrogen-bond acceptors (Lipinski definition) is 4. The first-order chi connectivity index (χ1) is 20.1. The lowest BCUT2D eigenvalue weighted by molar-refractivity contribution is -0.403. The molecule has 42 heavy (non-hydrogen) atoms. The van der Waals surface area contributed by atoms with E-state index in [0.717, 1.165) is 50.1 Å². The number of sulfonamides is 1. The minimum absolute atomic E-state index is 0.0637. The quantitative estimate of drug-likeness (QED) is 0.215. The Morgan fingerprint density at radius 3 is 2.21 bits per heavy atom. The van der Waals surface area contributed by atoms with Crippen LogP contribution in [0.3, 0.4) is 0 Å². The first-order valence-corrected chi connectivity index (χ1v) is 15.3. The summed E-state index contributed by atoms with van der Waals surface area (Å²) in [6, 6.07) is 31.1. The number of anilines is 2. The SMILES string of the molecule is Cc1ccc(Nc2ccc3c(-c4ccccc4S(N)(=O)=O)c4ccc(=[NH+]c5ccc(C)cc5C)cc-4oc3c2)c(C)c1. The van der Waals surface area contributed by atoms with Gasteiger partial charge in [0.25, 0.3) is 0 Å². The summed E-state index contributed by atoms with van der Waals surface area (Å²) in [5.41, 5.74) is 10.2. The largest absolute Gasteiger partial charge is 0.456 e. The van der Waals surface area contributed by atoms with Crippen molar-refractivity contribution in [2.24, 2.45) is 5.14 Å². The van der Waals surface area contributed by atoms with Crippen LogP contribution in [0.15, 0.2) is 106 Å². The molecule has 1 aliphatic heterocycles. The smallest absolute Gasteiger partial charge is 0.238 e. The maximum atomic E-state index is 12.7. The maximum Gasteiger partial charge on any atom is 0.238 e. The Kier molecular flexibility index (Phi) is 6.93. The van der Waals surface area contributed by atoms with Crippen LogP contribution in [0.4, 0.5) is 17.1 Å². The Morgan fingerprint density at radius 1 is 0.738 bits per heavy atom. The van der Waals surface area contributed by atoms with Gasteiger partial charge in [0, 0.05) is 57.2 Å². The minimum atomic E-state index is -3.99. The number of nitrogens with one attached hydrogen (secondary N) is 2. The van der Waals surface area contributed by atoms with Crippen molar-refractivity contribution >= 4 is 38.1 Å². The Hall–Kier alpha value is -4.72. The molecule has 0 spiro atoms. The van der Waals surface area contributed by atoms with Crippen molar-refractivity contribution in [2.45, 2.75) is 32.6 Å². The van der Waals surface area contributed by atoms with Crippen molar-refractivity contribution in [3.8, 4) is 22.5 Å². The molecule has 0 saturated carbocycles. The number of nitrogens with two attached hydrogens (primary N) is 1. The van der Waals surface area contributed by atoms with Gasteiger partial charge >= 0.3 is 0 Å². The molecule has 7 heteroatoms. The Bertz CT molecular complexity index is 2150. The van der Waals surface area contributed by atoms with Crippen molar-refractivity contribution in [1.82, 2.24) is 0 Å². The van der Waals surface area contributed by atoms with Crippen LogP contribution in [0.2, 0.25) is 0 Å². The first-order valence-electron chi connectivity index (χ1n) is 13.7. The molecule has 4 N–H and O–H groups in total. The number of hydrogen-bond donors (Lipinski definition) is 3. The van der Waals surface area contributed by atoms with Crippen molar-refractivity contribution < 1.29 is 17.8 Å². The summed E-state index contributed by atoms with van der Waals surface area (Å²) in [5, 5.41) is 10.8. The summed E-state index contributed by atoms with van der Waals surface area (Å²) in [5.74, 6) is 0.611. The molecule has 0 saturated heterocycles. The van der Waals surface area contributed by atoms with Crippen molar-refractivity contribution in [1.29, 1.82) is 0 Å². The van der Waals surface area contributed by atoms with Gasteiger partial charge in [-0.1, -0.05) is 47.5 Å². The monoisotopic (exact) mass is 574 g/mol. The molecule has 0 amide bonds. The zero-order chi connectivity index (χ0) is 29.6. The highest BCUT2D eigenvalue weighted by Crippen LogP contribution is 2.42. The first kappa shape index (κ1) is 27.4. The molecule has 0 bridgehead atoms. The summed E-state index contributed by atoms with van der Waals surface area (Å²) in [4.78, 5) is 3.56. The molecule has 6 rings (SSSR count). The van der Waals surface area contributed by atoms with Crippen LogP contribution in [0.5, 0.6) is 0 Å². The molecule has 2 aliphatic rings. The van der Waals surface area contributed by atoms with Crippen LogP contribution in [0.25, 0.3) is 33.4 Å². The van der Waals surface area contributed by atoms with E-state index in [4.69, 9.17) is 9.56 Å². The van der Waals surface area contributed by atoms with E-state index < -0.39 is 10.0 Å². The highest BCUT2D eigenvalue weighted by molar-refractivity contribution is 7.89. The van der Waals surface area contributed by atoms with E-state index in [0.29, 0.717) is 16.9 Å². The van der Waals surface area contributed by atoms with E-state index in [1.165, 1.54) is 11.1 Å². The molecule has 4 aromatic rings. The molecule has 0 unspecified atom stereocenters. The van der Waals surface area contributed by atoms with Crippen LogP contribution in [0, 0.1) is 27.7 Å². The molecule has 4 aromatic carbocycles. The summed E-state index contributed by atoms with van der Waals surface area (Å²) < 4.78 is 31.8. The van der Waals surface area contributed by atoms with Crippen LogP contribution < -0.4 is 20.8 Å². The maximum absolute atomic E-state index is 12.7. The molecule has 1 heterocycles. The van der Waals surface area contributed by atoms with Gasteiger partial charge in [-0.2, -0.15) is 0 Å². The fourth-order valence-corrected chi connectivity index (χ4v) is 6.22. The standard InChI is InChI=1S/C35H31N3O3S/c1-21-9-15-30(23(3)17-21)37-25-11-13-27-32(19-25)41-33-20-26(38-31-16-10-22(2)18-24(31)4)12-14-28(33)35(27)29-7-5-6-8-34(29)42(36,39)40/h5-20,37H,1-4H3,(H2,36,39,40)/p+1. The lowest BCUT2D eigenvalue weighted by Crippen LogP contribution is -2.70. The Labute approximate surface area is 245 Å². The average molecular weight is 575 g/mol. The number of primary sulfonamides is 1. The van der Waals surface area contributed by atoms with Gasteiger partial charge in [-0.05, 0) is 69.7 Å². The van der Waals surface area contributed by atoms with E-state index in [9.17, 15) is 8.42 Å². The second-order valence-electron chi connectivity index (χ2n) is 10.8. The topological polar surface area (TPSA) is 99.3 Å². The van der Waals surface area contributed by atoms with E-state index >= 15 is 0 Å². The van der Waals surface area contributed by atoms with Crippen molar-refractivity contribution in [3.63, 3.8) is 0 Å². The lowest BCUT2D eigenvalue weighted by Gasteiger charge is -2.18. The predicted molar refractivity (Wildman–Crippen MR) is 169 cm³/mol. The van der Waals surface area contributed by atoms with Gasteiger partial charge in [0.1, 0.15) is 11.3 Å². The van der Waals surface area contributed by atoms with Gasteiger partial charge in [0.05, 0.1) is 11.0 Å². The molecule has 0 atom stereocenters. The van der Waals surface area contributed by atoms with E-state index in [1.807, 2.05) is 42.5 Å². The van der Waals surface area contributed by atoms with E-state index in [2.05, 4.69) is 74.4 Å². The number of benzene rings is 5. The molecular weight excluding hydrogens is 542 g/mol. The molecule has 1 aliphatic carbocycles. The van der Waals surface area contributed by atoms with E-state index in [-0.39, 0.29) is 4.90 Å². The molecular formula is C35H32N3O3S+. The number of aryl methyl sites for hydroxylation is 4. The molecule has 210 valence electrons. The van der Waals surface area contributed by atoms with Gasteiger partial charge in [0.2, 0.25) is 21.1 Å². The molecule has 0 fully saturated rings. The van der Waals surface area contributed by atoms with Gasteiger partial charge in [0.15, 0.2) is 0 Å². The normalized spacial score (nSPS) is 12.3. The van der Waals surface area contributed by atoms with Gasteiger partial charge < -0.3 is 9.73 Å². The number of fused-ring (bicyclic) bond motifs is 2. The Morgan fingerprint density at radius 2 is 1.48 bits per heavy atom. The third kappa shape index (κ3) is 5.32. The van der Waals surface area contributed by atoms with Crippen LogP contribution in [-0.4, -0.2) is 8.42 Å². The average Bonchev–Trinajstić information content (AvgIpc) is 2.94. The van der Waals surface area contributed by atoms with Crippen LogP contribution in [0.1, 0.15) is 22.3 Å². The van der Waals surface area contributed by atoms with Gasteiger partial charge in [-0.25, -0.2) is 18.5 Å². The molecule has 0 radical (unpaired) electrons. The van der Waals surface area contributed by atoms with E-state index in [1.54, 1.807) is 18.2 Å². The van der Waals surface area contributed by atoms with Gasteiger partial charge in [-0.3, -0.25) is 0 Å². The minimum Gasteiger partial charge on any atom is -0.456 e. The lowest BCUT2D eigenvalue weighted by atomic mass is 9.93. The highest BCUT2D eigenvalue weighted by Gasteiger charge is 2.23. The highest BCUT2D eigenvalue weighted by atomic mass is 32.2. The molecule has 0 aromatic heterocycles. The fourth-order valence-electron chi connectivity index (χ4n) is 5.48. The van der Waals surface area contributed by atoms with Crippen molar-refractivity contribution in [2.75, 3.05) is 5.32 Å². The fraction of sp³-hybridized carbons (Fsp3) is 0.114. The summed E-state index contributed by atoms with van der Waals surface area (Å²) in [6.45, 7) is 8.28. The summed E-state index contributed by atoms with van der Waals surface area (Å²) in [7, 11) is -3.99. The van der Waals surface area contributed by atoms with Crippen molar-refractivity contribution in [3.05, 3.63) is 125 Å². The summed E-state index contributed by atoms with van der Waals surface area (Å²) in [6.07, 6.45) is 0. The zero-order valence-corrected chi connectivity index (χ0v) is 24.8.